The predicted octanol–water partition coefficient (Wildman–Crippen LogP) is 0.597. The molecule has 86 valence electrons. The number of nitrogens with zero attached hydrogens (tertiary/aromatic N) is 2. The summed E-state index contributed by atoms with van der Waals surface area (Å²) in [5.41, 5.74) is 1.12. The van der Waals surface area contributed by atoms with Crippen molar-refractivity contribution in [3.05, 3.63) is 35.9 Å². The highest BCUT2D eigenvalue weighted by Crippen LogP contribution is 2.03. The van der Waals surface area contributed by atoms with Gasteiger partial charge >= 0.3 is 0 Å². The molecule has 1 aromatic rings. The van der Waals surface area contributed by atoms with Crippen molar-refractivity contribution in [2.75, 3.05) is 13.7 Å². The Hall–Kier alpha value is -0.980. The van der Waals surface area contributed by atoms with Gasteiger partial charge in [0.2, 0.25) is 0 Å². The smallest absolute Gasteiger partial charge is 0.0420 e. The van der Waals surface area contributed by atoms with Crippen LogP contribution in [-0.4, -0.2) is 34.3 Å². The summed E-state index contributed by atoms with van der Waals surface area (Å²) in [4.78, 5) is 0. The summed E-state index contributed by atoms with van der Waals surface area (Å²) < 4.78 is 0. The van der Waals surface area contributed by atoms with Gasteiger partial charge < -0.3 is 5.11 Å². The molecule has 1 rings (SSSR count). The van der Waals surface area contributed by atoms with Crippen LogP contribution in [0, 0.1) is 0 Å². The zero-order chi connectivity index (χ0) is 11.7. The van der Waals surface area contributed by atoms with E-state index in [-0.39, 0.29) is 0 Å². The fourth-order valence-corrected chi connectivity index (χ4v) is 1.12. The third kappa shape index (κ3) is 5.46. The fourth-order valence-electron chi connectivity index (χ4n) is 1.12. The van der Waals surface area contributed by atoms with E-state index in [0.717, 1.165) is 12.7 Å². The van der Waals surface area contributed by atoms with Gasteiger partial charge in [-0.3, -0.25) is 5.21 Å². The monoisotopic (exact) mass is 213 g/mol. The predicted molar refractivity (Wildman–Crippen MR) is 58.5 cm³/mol. The molecule has 0 amide bonds. The lowest BCUT2D eigenvalue weighted by Crippen LogP contribution is -2.44. The SMILES string of the molecule is CCN(Cc1ccccc1)N(N)O.CO. The zero-order valence-electron chi connectivity index (χ0n) is 9.17. The number of hydrogen-bond acceptors (Lipinski definition) is 5. The van der Waals surface area contributed by atoms with E-state index >= 15 is 0 Å². The van der Waals surface area contributed by atoms with Gasteiger partial charge in [-0.05, 0) is 5.56 Å². The van der Waals surface area contributed by atoms with Crippen molar-refractivity contribution in [2.45, 2.75) is 13.5 Å². The average molecular weight is 213 g/mol. The number of aliphatic hydroxyl groups is 1. The maximum absolute atomic E-state index is 9.01. The van der Waals surface area contributed by atoms with Gasteiger partial charge in [-0.1, -0.05) is 42.5 Å². The Balaban J connectivity index is 0.000000921. The Kier molecular flexibility index (Phi) is 7.79. The molecule has 0 saturated heterocycles. The lowest BCUT2D eigenvalue weighted by atomic mass is 10.2. The maximum atomic E-state index is 9.01. The first-order valence-corrected chi connectivity index (χ1v) is 4.71. The van der Waals surface area contributed by atoms with Crippen molar-refractivity contribution in [1.29, 1.82) is 0 Å². The van der Waals surface area contributed by atoms with Gasteiger partial charge in [-0.2, -0.15) is 5.01 Å². The number of rotatable bonds is 4. The van der Waals surface area contributed by atoms with Gasteiger partial charge in [0.05, 0.1) is 0 Å². The number of benzene rings is 1. The Bertz CT molecular complexity index is 242. The topological polar surface area (TPSA) is 73.0 Å². The van der Waals surface area contributed by atoms with Crippen LogP contribution in [0.15, 0.2) is 30.3 Å². The summed E-state index contributed by atoms with van der Waals surface area (Å²) in [7, 11) is 1.00. The van der Waals surface area contributed by atoms with Gasteiger partial charge in [0, 0.05) is 20.2 Å². The van der Waals surface area contributed by atoms with E-state index < -0.39 is 0 Å². The lowest BCUT2D eigenvalue weighted by Gasteiger charge is -2.24. The van der Waals surface area contributed by atoms with Crippen molar-refractivity contribution in [2.24, 2.45) is 5.84 Å². The second-order valence-corrected chi connectivity index (χ2v) is 2.79. The minimum Gasteiger partial charge on any atom is -0.400 e. The second-order valence-electron chi connectivity index (χ2n) is 2.79. The molecule has 4 N–H and O–H groups in total. The summed E-state index contributed by atoms with van der Waals surface area (Å²) in [5, 5.41) is 18.3. The molecule has 1 aromatic carbocycles. The Morgan fingerprint density at radius 2 is 1.73 bits per heavy atom. The van der Waals surface area contributed by atoms with Crippen molar-refractivity contribution in [1.82, 2.24) is 10.3 Å². The molecule has 15 heavy (non-hydrogen) atoms. The summed E-state index contributed by atoms with van der Waals surface area (Å²) in [5.74, 6) is 5.21. The average Bonchev–Trinajstić information content (AvgIpc) is 2.29. The molecular weight excluding hydrogens is 194 g/mol. The van der Waals surface area contributed by atoms with E-state index in [1.807, 2.05) is 37.3 Å². The van der Waals surface area contributed by atoms with Crippen molar-refractivity contribution >= 4 is 0 Å². The van der Waals surface area contributed by atoms with Gasteiger partial charge in [0.25, 0.3) is 0 Å². The molecule has 0 atom stereocenters. The van der Waals surface area contributed by atoms with Crippen LogP contribution < -0.4 is 5.84 Å². The summed E-state index contributed by atoms with van der Waals surface area (Å²) >= 11 is 0. The maximum Gasteiger partial charge on any atom is 0.0420 e. The van der Waals surface area contributed by atoms with Crippen molar-refractivity contribution in [3.63, 3.8) is 0 Å². The number of nitrogens with two attached hydrogens (primary N) is 1. The molecule has 0 bridgehead atoms. The highest BCUT2D eigenvalue weighted by Gasteiger charge is 2.06. The molecule has 0 unspecified atom stereocenters. The first-order valence-electron chi connectivity index (χ1n) is 4.71. The quantitative estimate of drug-likeness (QED) is 0.504. The standard InChI is InChI=1S/C9H15N3O.CH4O/c1-2-11(12(10)13)8-9-6-4-3-5-7-9;1-2/h3-7,13H,2,8,10H2,1H3;2H,1H3. The molecule has 0 aliphatic carbocycles. The zero-order valence-corrected chi connectivity index (χ0v) is 9.17. The normalized spacial score (nSPS) is 10.1. The largest absolute Gasteiger partial charge is 0.400 e. The second kappa shape index (κ2) is 8.34. The van der Waals surface area contributed by atoms with E-state index in [1.54, 1.807) is 5.01 Å². The van der Waals surface area contributed by atoms with Gasteiger partial charge in [-0.25, -0.2) is 5.84 Å². The van der Waals surface area contributed by atoms with Crippen LogP contribution in [0.5, 0.6) is 0 Å². The highest BCUT2D eigenvalue weighted by atomic mass is 16.6. The van der Waals surface area contributed by atoms with Crippen LogP contribution in [0.4, 0.5) is 0 Å². The molecule has 0 aliphatic heterocycles. The van der Waals surface area contributed by atoms with Crippen LogP contribution in [0.25, 0.3) is 0 Å². The third-order valence-corrected chi connectivity index (χ3v) is 1.86. The van der Waals surface area contributed by atoms with Crippen molar-refractivity contribution < 1.29 is 10.3 Å². The summed E-state index contributed by atoms with van der Waals surface area (Å²) in [6, 6.07) is 9.86. The highest BCUT2D eigenvalue weighted by molar-refractivity contribution is 5.14. The van der Waals surface area contributed by atoms with E-state index in [4.69, 9.17) is 16.2 Å². The number of hydrogen-bond donors (Lipinski definition) is 3. The van der Waals surface area contributed by atoms with E-state index in [1.165, 1.54) is 0 Å². The van der Waals surface area contributed by atoms with E-state index in [2.05, 4.69) is 0 Å². The molecular formula is C10H19N3O2. The Morgan fingerprint density at radius 1 is 1.20 bits per heavy atom. The fraction of sp³-hybridized carbons (Fsp3) is 0.400. The molecule has 0 fully saturated rings. The Labute approximate surface area is 90.2 Å². The third-order valence-electron chi connectivity index (χ3n) is 1.86. The van der Waals surface area contributed by atoms with Gasteiger partial charge in [0.15, 0.2) is 0 Å². The summed E-state index contributed by atoms with van der Waals surface area (Å²) in [6.07, 6.45) is 0. The molecule has 5 nitrogen and oxygen atoms in total. The lowest BCUT2D eigenvalue weighted by molar-refractivity contribution is -0.252. The Morgan fingerprint density at radius 3 is 2.13 bits per heavy atom. The molecule has 0 aliphatic rings. The first kappa shape index (κ1) is 14.0. The first-order chi connectivity index (χ1) is 7.24. The van der Waals surface area contributed by atoms with Crippen LogP contribution >= 0.6 is 0 Å². The number of hydrazine groups is 2. The molecule has 0 spiro atoms. The molecule has 0 saturated carbocycles. The molecule has 0 aromatic heterocycles. The summed E-state index contributed by atoms with van der Waals surface area (Å²) in [6.45, 7) is 3.21. The van der Waals surface area contributed by atoms with Crippen LogP contribution in [-0.2, 0) is 6.54 Å². The minimum atomic E-state index is 0.615. The van der Waals surface area contributed by atoms with Gasteiger partial charge in [0.1, 0.15) is 0 Å². The van der Waals surface area contributed by atoms with E-state index in [0.29, 0.717) is 18.4 Å². The van der Waals surface area contributed by atoms with Gasteiger partial charge in [-0.15, -0.1) is 0 Å². The van der Waals surface area contributed by atoms with Crippen molar-refractivity contribution in [3.8, 4) is 0 Å². The minimum absolute atomic E-state index is 0.615. The molecule has 0 heterocycles. The van der Waals surface area contributed by atoms with E-state index in [9.17, 15) is 0 Å². The molecule has 0 radical (unpaired) electrons. The number of aliphatic hydroxyl groups excluding tert-OH is 1. The molecule has 5 heteroatoms. The van der Waals surface area contributed by atoms with Crippen LogP contribution in [0.3, 0.4) is 0 Å². The van der Waals surface area contributed by atoms with Crippen LogP contribution in [0.1, 0.15) is 12.5 Å². The van der Waals surface area contributed by atoms with Crippen LogP contribution in [0.2, 0.25) is 0 Å².